The first kappa shape index (κ1) is 11.4. The zero-order valence-corrected chi connectivity index (χ0v) is 11.5. The number of rotatable bonds is 1. The lowest BCUT2D eigenvalue weighted by Crippen LogP contribution is -2.04. The van der Waals surface area contributed by atoms with Crippen LogP contribution in [0.25, 0.3) is 11.6 Å². The zero-order valence-electron chi connectivity index (χ0n) is 9.11. The minimum atomic E-state index is -0.150. The van der Waals surface area contributed by atoms with Crippen molar-refractivity contribution in [1.82, 2.24) is 4.98 Å². The van der Waals surface area contributed by atoms with Gasteiger partial charge >= 0.3 is 0 Å². The third kappa shape index (κ3) is 1.83. The molecule has 0 saturated heterocycles. The monoisotopic (exact) mass is 321 g/mol. The molecule has 0 radical (unpaired) electrons. The van der Waals surface area contributed by atoms with Crippen molar-refractivity contribution < 1.29 is 4.79 Å². The second kappa shape index (κ2) is 4.22. The Bertz CT molecular complexity index is 678. The standard InChI is InChI=1S/C12H8BrN3OS/c13-9-1-2-18-10(9)4-8-7-3-6(14)5-15-11(7)16-12(8)17/h1-5H,14H2,(H,15,16,17). The quantitative estimate of drug-likeness (QED) is 0.793. The molecular formula is C12H8BrN3OS. The second-order valence-electron chi connectivity index (χ2n) is 3.81. The summed E-state index contributed by atoms with van der Waals surface area (Å²) >= 11 is 5.00. The van der Waals surface area contributed by atoms with E-state index in [1.54, 1.807) is 17.4 Å². The van der Waals surface area contributed by atoms with E-state index in [0.717, 1.165) is 14.9 Å². The van der Waals surface area contributed by atoms with E-state index in [4.69, 9.17) is 5.73 Å². The van der Waals surface area contributed by atoms with Crippen LogP contribution in [0.4, 0.5) is 11.5 Å². The number of hydrogen-bond acceptors (Lipinski definition) is 4. The van der Waals surface area contributed by atoms with Crippen LogP contribution in [-0.2, 0) is 4.79 Å². The normalized spacial score (nSPS) is 15.8. The van der Waals surface area contributed by atoms with Crippen molar-refractivity contribution in [3.05, 3.63) is 38.6 Å². The maximum atomic E-state index is 11.9. The molecule has 0 aliphatic carbocycles. The molecule has 3 N–H and O–H groups in total. The molecule has 18 heavy (non-hydrogen) atoms. The van der Waals surface area contributed by atoms with Crippen molar-refractivity contribution in [2.45, 2.75) is 0 Å². The van der Waals surface area contributed by atoms with Crippen LogP contribution in [0.5, 0.6) is 0 Å². The zero-order chi connectivity index (χ0) is 12.7. The molecule has 1 aliphatic rings. The highest BCUT2D eigenvalue weighted by Crippen LogP contribution is 2.35. The number of amides is 1. The number of fused-ring (bicyclic) bond motifs is 1. The Labute approximate surface area is 116 Å². The smallest absolute Gasteiger partial charge is 0.257 e. The lowest BCUT2D eigenvalue weighted by atomic mass is 10.1. The molecule has 0 atom stereocenters. The molecular weight excluding hydrogens is 314 g/mol. The topological polar surface area (TPSA) is 68.0 Å². The van der Waals surface area contributed by atoms with Crippen LogP contribution in [0.15, 0.2) is 28.2 Å². The van der Waals surface area contributed by atoms with Gasteiger partial charge in [0.1, 0.15) is 5.82 Å². The van der Waals surface area contributed by atoms with Gasteiger partial charge in [-0.25, -0.2) is 4.98 Å². The third-order valence-corrected chi connectivity index (χ3v) is 4.41. The minimum absolute atomic E-state index is 0.150. The number of pyridine rings is 1. The summed E-state index contributed by atoms with van der Waals surface area (Å²) in [6.45, 7) is 0. The molecule has 0 bridgehead atoms. The van der Waals surface area contributed by atoms with Gasteiger partial charge in [0.15, 0.2) is 0 Å². The first-order valence-corrected chi connectivity index (χ1v) is 6.84. The maximum Gasteiger partial charge on any atom is 0.257 e. The van der Waals surface area contributed by atoms with E-state index >= 15 is 0 Å². The van der Waals surface area contributed by atoms with Crippen LogP contribution in [0.3, 0.4) is 0 Å². The number of aromatic nitrogens is 1. The molecule has 2 aromatic heterocycles. The summed E-state index contributed by atoms with van der Waals surface area (Å²) in [7, 11) is 0. The Morgan fingerprint density at radius 1 is 1.50 bits per heavy atom. The minimum Gasteiger partial charge on any atom is -0.397 e. The maximum absolute atomic E-state index is 11.9. The van der Waals surface area contributed by atoms with Gasteiger partial charge in [-0.1, -0.05) is 0 Å². The fourth-order valence-corrected chi connectivity index (χ4v) is 3.19. The number of carbonyl (C=O) groups is 1. The fraction of sp³-hybridized carbons (Fsp3) is 0. The van der Waals surface area contributed by atoms with Crippen LogP contribution in [0.1, 0.15) is 10.4 Å². The number of nitrogens with zero attached hydrogens (tertiary/aromatic N) is 1. The number of nitrogens with one attached hydrogen (secondary N) is 1. The van der Waals surface area contributed by atoms with E-state index in [0.29, 0.717) is 17.1 Å². The molecule has 1 aliphatic heterocycles. The van der Waals surface area contributed by atoms with Crippen LogP contribution >= 0.6 is 27.3 Å². The molecule has 0 saturated carbocycles. The van der Waals surface area contributed by atoms with Crippen LogP contribution in [0.2, 0.25) is 0 Å². The summed E-state index contributed by atoms with van der Waals surface area (Å²) in [6.07, 6.45) is 3.38. The summed E-state index contributed by atoms with van der Waals surface area (Å²) < 4.78 is 0.970. The Morgan fingerprint density at radius 2 is 2.33 bits per heavy atom. The second-order valence-corrected chi connectivity index (χ2v) is 5.61. The van der Waals surface area contributed by atoms with Crippen LogP contribution < -0.4 is 11.1 Å². The lowest BCUT2D eigenvalue weighted by Gasteiger charge is -1.98. The molecule has 3 heterocycles. The van der Waals surface area contributed by atoms with Crippen LogP contribution in [-0.4, -0.2) is 10.9 Å². The van der Waals surface area contributed by atoms with Gasteiger partial charge in [-0.2, -0.15) is 0 Å². The third-order valence-electron chi connectivity index (χ3n) is 2.60. The summed E-state index contributed by atoms with van der Waals surface area (Å²) in [5, 5.41) is 4.68. The van der Waals surface area contributed by atoms with Crippen LogP contribution in [0, 0.1) is 0 Å². The Morgan fingerprint density at radius 3 is 3.06 bits per heavy atom. The average molecular weight is 322 g/mol. The SMILES string of the molecule is Nc1cnc2c(c1)C(=Cc1sccc1Br)C(=O)N2. The van der Waals surface area contributed by atoms with Crippen molar-refractivity contribution in [2.75, 3.05) is 11.1 Å². The predicted molar refractivity (Wildman–Crippen MR) is 77.2 cm³/mol. The van der Waals surface area contributed by atoms with E-state index in [1.807, 2.05) is 17.5 Å². The molecule has 0 aromatic carbocycles. The average Bonchev–Trinajstić information content (AvgIpc) is 2.86. The predicted octanol–water partition coefficient (Wildman–Crippen LogP) is 2.98. The summed E-state index contributed by atoms with van der Waals surface area (Å²) in [6, 6.07) is 3.70. The van der Waals surface area contributed by atoms with Gasteiger partial charge in [-0.15, -0.1) is 11.3 Å². The molecule has 0 fully saturated rings. The number of halogens is 1. The highest BCUT2D eigenvalue weighted by molar-refractivity contribution is 9.10. The van der Waals surface area contributed by atoms with Crippen molar-refractivity contribution in [2.24, 2.45) is 0 Å². The number of hydrogen-bond donors (Lipinski definition) is 2. The van der Waals surface area contributed by atoms with E-state index in [9.17, 15) is 4.79 Å². The summed E-state index contributed by atoms with van der Waals surface area (Å²) in [5.41, 5.74) is 7.59. The number of anilines is 2. The Kier molecular flexibility index (Phi) is 2.68. The van der Waals surface area contributed by atoms with Gasteiger partial charge in [0.25, 0.3) is 5.91 Å². The molecule has 3 rings (SSSR count). The molecule has 0 spiro atoms. The number of nitrogen functional groups attached to an aromatic ring is 1. The van der Waals surface area contributed by atoms with Crippen molar-refractivity contribution in [3.8, 4) is 0 Å². The number of carbonyl (C=O) groups excluding carboxylic acids is 1. The van der Waals surface area contributed by atoms with Gasteiger partial charge < -0.3 is 11.1 Å². The molecule has 4 nitrogen and oxygen atoms in total. The summed E-state index contributed by atoms with van der Waals surface area (Å²) in [5.74, 6) is 0.413. The molecule has 1 amide bonds. The number of nitrogens with two attached hydrogens (primary N) is 1. The summed E-state index contributed by atoms with van der Waals surface area (Å²) in [4.78, 5) is 17.0. The highest BCUT2D eigenvalue weighted by Gasteiger charge is 2.25. The van der Waals surface area contributed by atoms with E-state index in [2.05, 4.69) is 26.2 Å². The van der Waals surface area contributed by atoms with Gasteiger partial charge in [-0.05, 0) is 39.5 Å². The Balaban J connectivity index is 2.14. The molecule has 0 unspecified atom stereocenters. The lowest BCUT2D eigenvalue weighted by molar-refractivity contribution is -0.110. The fourth-order valence-electron chi connectivity index (χ4n) is 1.77. The first-order valence-electron chi connectivity index (χ1n) is 5.17. The van der Waals surface area contributed by atoms with E-state index < -0.39 is 0 Å². The Hall–Kier alpha value is -1.66. The highest BCUT2D eigenvalue weighted by atomic mass is 79.9. The molecule has 6 heteroatoms. The first-order chi connectivity index (χ1) is 8.65. The van der Waals surface area contributed by atoms with E-state index in [-0.39, 0.29) is 5.91 Å². The van der Waals surface area contributed by atoms with Crippen molar-refractivity contribution in [1.29, 1.82) is 0 Å². The van der Waals surface area contributed by atoms with Crippen molar-refractivity contribution in [3.63, 3.8) is 0 Å². The molecule has 2 aromatic rings. The van der Waals surface area contributed by atoms with E-state index in [1.165, 1.54) is 6.20 Å². The van der Waals surface area contributed by atoms with Gasteiger partial charge in [0, 0.05) is 14.9 Å². The molecule has 90 valence electrons. The van der Waals surface area contributed by atoms with Gasteiger partial charge in [0.05, 0.1) is 17.5 Å². The number of thiophene rings is 1. The van der Waals surface area contributed by atoms with Gasteiger partial charge in [-0.3, -0.25) is 4.79 Å². The van der Waals surface area contributed by atoms with Crippen molar-refractivity contribution >= 4 is 56.3 Å². The largest absolute Gasteiger partial charge is 0.397 e. The van der Waals surface area contributed by atoms with Gasteiger partial charge in [0.2, 0.25) is 0 Å².